The molecule has 0 aliphatic rings. The van der Waals surface area contributed by atoms with Crippen molar-refractivity contribution in [2.24, 2.45) is 0 Å². The molecule has 0 fully saturated rings. The molecule has 0 radical (unpaired) electrons. The van der Waals surface area contributed by atoms with Gasteiger partial charge >= 0.3 is 12.1 Å². The normalized spacial score (nSPS) is 13.2. The van der Waals surface area contributed by atoms with E-state index in [1.165, 1.54) is 57.4 Å². The number of hydrogen-bond acceptors (Lipinski definition) is 5. The Kier molecular flexibility index (Phi) is 8.04. The van der Waals surface area contributed by atoms with Crippen LogP contribution in [0.1, 0.15) is 23.6 Å². The first-order valence-electron chi connectivity index (χ1n) is 9.62. The molecule has 0 aromatic heterocycles. The summed E-state index contributed by atoms with van der Waals surface area (Å²) in [5.41, 5.74) is 0.366. The number of alkyl halides is 3. The summed E-state index contributed by atoms with van der Waals surface area (Å²) in [6, 6.07) is 8.41. The van der Waals surface area contributed by atoms with Crippen molar-refractivity contribution in [1.29, 1.82) is 0 Å². The van der Waals surface area contributed by atoms with E-state index in [4.69, 9.17) is 4.74 Å². The number of anilines is 1. The molecule has 0 bridgehead atoms. The van der Waals surface area contributed by atoms with Crippen LogP contribution in [0.25, 0.3) is 6.08 Å². The third kappa shape index (κ3) is 6.90. The van der Waals surface area contributed by atoms with Crippen molar-refractivity contribution in [3.8, 4) is 0 Å². The maximum absolute atomic E-state index is 12.6. The Morgan fingerprint density at radius 1 is 1.09 bits per heavy atom. The van der Waals surface area contributed by atoms with Gasteiger partial charge in [0.2, 0.25) is 10.0 Å². The topological polar surface area (TPSA) is 92.8 Å². The molecular weight excluding hydrogens is 461 g/mol. The van der Waals surface area contributed by atoms with Crippen LogP contribution in [0.15, 0.2) is 53.4 Å². The average Bonchev–Trinajstić information content (AvgIpc) is 2.73. The molecule has 0 heterocycles. The number of carbonyl (C=O) groups excluding carboxylic acids is 2. The van der Waals surface area contributed by atoms with Gasteiger partial charge in [-0.25, -0.2) is 17.5 Å². The molecule has 11 heteroatoms. The van der Waals surface area contributed by atoms with Crippen LogP contribution >= 0.6 is 0 Å². The van der Waals surface area contributed by atoms with E-state index < -0.39 is 39.7 Å². The summed E-state index contributed by atoms with van der Waals surface area (Å²) in [6.07, 6.45) is -3.43. The number of nitrogens with one attached hydrogen (secondary N) is 1. The highest BCUT2D eigenvalue weighted by atomic mass is 32.2. The molecule has 0 aliphatic heterocycles. The number of benzene rings is 2. The van der Waals surface area contributed by atoms with Crippen LogP contribution in [0, 0.1) is 6.92 Å². The van der Waals surface area contributed by atoms with E-state index in [0.29, 0.717) is 11.1 Å². The summed E-state index contributed by atoms with van der Waals surface area (Å²) in [5.74, 6) is -1.56. The molecular formula is C22H23F3N2O5S. The Hall–Kier alpha value is -3.18. The monoisotopic (exact) mass is 484 g/mol. The van der Waals surface area contributed by atoms with Crippen LogP contribution in [0.5, 0.6) is 0 Å². The van der Waals surface area contributed by atoms with Crippen molar-refractivity contribution in [2.45, 2.75) is 31.0 Å². The molecule has 1 atom stereocenters. The zero-order valence-corrected chi connectivity index (χ0v) is 19.1. The summed E-state index contributed by atoms with van der Waals surface area (Å²) in [7, 11) is -0.947. The zero-order valence-electron chi connectivity index (χ0n) is 18.3. The third-order valence-corrected chi connectivity index (χ3v) is 6.37. The Morgan fingerprint density at radius 2 is 1.70 bits per heavy atom. The van der Waals surface area contributed by atoms with Gasteiger partial charge in [0.25, 0.3) is 5.91 Å². The van der Waals surface area contributed by atoms with Crippen LogP contribution in [0.4, 0.5) is 18.9 Å². The molecule has 1 amide bonds. The fraction of sp³-hybridized carbons (Fsp3) is 0.273. The van der Waals surface area contributed by atoms with E-state index in [0.717, 1.165) is 22.5 Å². The van der Waals surface area contributed by atoms with Crippen molar-refractivity contribution in [3.05, 3.63) is 65.2 Å². The van der Waals surface area contributed by atoms with Crippen LogP contribution in [-0.2, 0) is 30.5 Å². The first-order valence-corrected chi connectivity index (χ1v) is 11.1. The highest BCUT2D eigenvalue weighted by Gasteiger charge is 2.29. The maximum Gasteiger partial charge on any atom is 0.416 e. The summed E-state index contributed by atoms with van der Waals surface area (Å²) in [6.45, 7) is 3.00. The van der Waals surface area contributed by atoms with E-state index in [9.17, 15) is 31.2 Å². The van der Waals surface area contributed by atoms with Crippen LogP contribution < -0.4 is 5.32 Å². The highest BCUT2D eigenvalue weighted by molar-refractivity contribution is 7.89. The average molecular weight is 484 g/mol. The van der Waals surface area contributed by atoms with Gasteiger partial charge in [-0.2, -0.15) is 13.2 Å². The standard InChI is InChI=1S/C22H23F3N2O5S/c1-14-5-11-18(33(30,31)27(3)4)13-19(14)26-21(29)15(2)32-20(28)12-8-16-6-9-17(10-7-16)22(23,24)25/h5-13,15H,1-4H3,(H,26,29)/b12-8+. The lowest BCUT2D eigenvalue weighted by atomic mass is 10.1. The fourth-order valence-electron chi connectivity index (χ4n) is 2.56. The number of aryl methyl sites for hydroxylation is 1. The smallest absolute Gasteiger partial charge is 0.416 e. The third-order valence-electron chi connectivity index (χ3n) is 4.56. The number of amides is 1. The van der Waals surface area contributed by atoms with Crippen LogP contribution in [0.2, 0.25) is 0 Å². The molecule has 2 rings (SSSR count). The quantitative estimate of drug-likeness (QED) is 0.476. The fourth-order valence-corrected chi connectivity index (χ4v) is 3.48. The first-order chi connectivity index (χ1) is 15.2. The second-order valence-electron chi connectivity index (χ2n) is 7.29. The van der Waals surface area contributed by atoms with Gasteiger partial charge in [0.15, 0.2) is 6.10 Å². The molecule has 1 unspecified atom stereocenters. The van der Waals surface area contributed by atoms with Gasteiger partial charge in [0.05, 0.1) is 10.5 Å². The lowest BCUT2D eigenvalue weighted by Gasteiger charge is -2.16. The minimum Gasteiger partial charge on any atom is -0.449 e. The van der Waals surface area contributed by atoms with E-state index >= 15 is 0 Å². The molecule has 0 spiro atoms. The molecule has 1 N–H and O–H groups in total. The molecule has 0 aliphatic carbocycles. The molecule has 33 heavy (non-hydrogen) atoms. The summed E-state index contributed by atoms with van der Waals surface area (Å²) >= 11 is 0. The molecule has 2 aromatic carbocycles. The second kappa shape index (κ2) is 10.2. The Morgan fingerprint density at radius 3 is 2.24 bits per heavy atom. The van der Waals surface area contributed by atoms with Gasteiger partial charge in [-0.05, 0) is 55.3 Å². The number of rotatable bonds is 7. The summed E-state index contributed by atoms with van der Waals surface area (Å²) in [4.78, 5) is 24.4. The number of sulfonamides is 1. The predicted molar refractivity (Wildman–Crippen MR) is 117 cm³/mol. The predicted octanol–water partition coefficient (Wildman–Crippen LogP) is 3.85. The van der Waals surface area contributed by atoms with Crippen LogP contribution in [0.3, 0.4) is 0 Å². The van der Waals surface area contributed by atoms with E-state index in [1.807, 2.05) is 0 Å². The van der Waals surface area contributed by atoms with Gasteiger partial charge in [0, 0.05) is 25.9 Å². The molecule has 2 aromatic rings. The van der Waals surface area contributed by atoms with Crippen molar-refractivity contribution in [3.63, 3.8) is 0 Å². The number of nitrogens with zero attached hydrogens (tertiary/aromatic N) is 1. The second-order valence-corrected chi connectivity index (χ2v) is 9.44. The van der Waals surface area contributed by atoms with Gasteiger partial charge in [0.1, 0.15) is 0 Å². The van der Waals surface area contributed by atoms with Gasteiger partial charge in [-0.15, -0.1) is 0 Å². The summed E-state index contributed by atoms with van der Waals surface area (Å²) in [5, 5.41) is 2.53. The van der Waals surface area contributed by atoms with Gasteiger partial charge < -0.3 is 10.1 Å². The number of carbonyl (C=O) groups is 2. The SMILES string of the molecule is Cc1ccc(S(=O)(=O)N(C)C)cc1NC(=O)C(C)OC(=O)/C=C/c1ccc(C(F)(F)F)cc1. The minimum atomic E-state index is -4.46. The van der Waals surface area contributed by atoms with E-state index in [2.05, 4.69) is 5.32 Å². The minimum absolute atomic E-state index is 0.0162. The maximum atomic E-state index is 12.6. The number of hydrogen-bond donors (Lipinski definition) is 1. The lowest BCUT2D eigenvalue weighted by molar-refractivity contribution is -0.148. The molecule has 178 valence electrons. The molecule has 7 nitrogen and oxygen atoms in total. The summed E-state index contributed by atoms with van der Waals surface area (Å²) < 4.78 is 68.4. The zero-order chi connectivity index (χ0) is 25.0. The van der Waals surface area contributed by atoms with Crippen molar-refractivity contribution >= 4 is 33.7 Å². The molecule has 0 saturated carbocycles. The van der Waals surface area contributed by atoms with E-state index in [-0.39, 0.29) is 10.6 Å². The van der Waals surface area contributed by atoms with Gasteiger partial charge in [-0.3, -0.25) is 4.79 Å². The van der Waals surface area contributed by atoms with Crippen molar-refractivity contribution in [1.82, 2.24) is 4.31 Å². The number of halogens is 3. The number of esters is 1. The van der Waals surface area contributed by atoms with Crippen molar-refractivity contribution in [2.75, 3.05) is 19.4 Å². The Labute approximate surface area is 189 Å². The van der Waals surface area contributed by atoms with Crippen LogP contribution in [-0.4, -0.2) is 44.8 Å². The Bertz CT molecular complexity index is 1160. The highest BCUT2D eigenvalue weighted by Crippen LogP contribution is 2.29. The largest absolute Gasteiger partial charge is 0.449 e. The van der Waals surface area contributed by atoms with Crippen molar-refractivity contribution < 1.29 is 35.9 Å². The first kappa shape index (κ1) is 26.1. The molecule has 0 saturated heterocycles. The number of ether oxygens (including phenoxy) is 1. The lowest BCUT2D eigenvalue weighted by Crippen LogP contribution is -2.30. The van der Waals surface area contributed by atoms with Gasteiger partial charge in [-0.1, -0.05) is 18.2 Å². The Balaban J connectivity index is 2.03. The van der Waals surface area contributed by atoms with E-state index in [1.54, 1.807) is 6.92 Å².